The summed E-state index contributed by atoms with van der Waals surface area (Å²) in [5, 5.41) is 9.66. The van der Waals surface area contributed by atoms with Crippen LogP contribution in [0, 0.1) is 11.5 Å². The Morgan fingerprint density at radius 1 is 1.00 bits per heavy atom. The van der Waals surface area contributed by atoms with Crippen LogP contribution in [0.15, 0.2) is 12.1 Å². The number of methoxy groups -OCH3 is 2. The van der Waals surface area contributed by atoms with E-state index in [4.69, 9.17) is 9.47 Å². The maximum absolute atomic E-state index is 11.8. The van der Waals surface area contributed by atoms with Crippen LogP contribution < -0.4 is 9.47 Å². The van der Waals surface area contributed by atoms with E-state index in [0.717, 1.165) is 0 Å². The number of ether oxygens (including phenoxy) is 2. The average Bonchev–Trinajstić information content (AvgIpc) is 2.53. The van der Waals surface area contributed by atoms with Crippen LogP contribution in [-0.2, 0) is 0 Å². The maximum atomic E-state index is 11.8. The maximum Gasteiger partial charge on any atom is 0.340 e. The molecule has 0 saturated carbocycles. The summed E-state index contributed by atoms with van der Waals surface area (Å²) in [6.45, 7) is 13.4. The van der Waals surface area contributed by atoms with Gasteiger partial charge < -0.3 is 14.6 Å². The van der Waals surface area contributed by atoms with E-state index in [1.807, 2.05) is 0 Å². The molecule has 0 heterocycles. The molecule has 0 aliphatic heterocycles. The molecule has 0 atom stereocenters. The first-order chi connectivity index (χ1) is 11.6. The van der Waals surface area contributed by atoms with Crippen molar-refractivity contribution in [3.63, 3.8) is 0 Å². The Bertz CT molecular complexity index is 659. The molecule has 25 heavy (non-hydrogen) atoms. The molecule has 0 spiro atoms. The highest BCUT2D eigenvalue weighted by Crippen LogP contribution is 2.41. The number of benzene rings is 1. The number of carbonyl (C=O) groups is 1. The fraction of sp³-hybridized carbons (Fsp3) is 0.550. The van der Waals surface area contributed by atoms with Gasteiger partial charge in [0, 0.05) is 5.56 Å². The van der Waals surface area contributed by atoms with E-state index < -0.39 is 14.0 Å². The molecule has 138 valence electrons. The Morgan fingerprint density at radius 3 is 1.88 bits per heavy atom. The molecule has 1 N–H and O–H groups in total. The second kappa shape index (κ2) is 8.44. The molecule has 1 aromatic rings. The zero-order chi connectivity index (χ0) is 19.4. The number of aromatic carboxylic acids is 1. The molecular formula is C20H30O4Si. The van der Waals surface area contributed by atoms with Gasteiger partial charge in [0.1, 0.15) is 13.6 Å². The van der Waals surface area contributed by atoms with Crippen molar-refractivity contribution in [3.05, 3.63) is 23.3 Å². The Kier molecular flexibility index (Phi) is 7.13. The molecule has 0 bridgehead atoms. The van der Waals surface area contributed by atoms with Crippen LogP contribution in [0.2, 0.25) is 16.6 Å². The zero-order valence-corrected chi connectivity index (χ0v) is 17.6. The summed E-state index contributed by atoms with van der Waals surface area (Å²) < 4.78 is 10.5. The van der Waals surface area contributed by atoms with Crippen molar-refractivity contribution in [2.24, 2.45) is 0 Å². The number of carboxylic acids is 1. The van der Waals surface area contributed by atoms with Crippen molar-refractivity contribution in [1.82, 2.24) is 0 Å². The topological polar surface area (TPSA) is 55.8 Å². The summed E-state index contributed by atoms with van der Waals surface area (Å²) in [5.41, 5.74) is 5.54. The minimum absolute atomic E-state index is 0.0634. The molecule has 1 aromatic carbocycles. The summed E-state index contributed by atoms with van der Waals surface area (Å²) in [6.07, 6.45) is 0. The van der Waals surface area contributed by atoms with Gasteiger partial charge >= 0.3 is 5.97 Å². The van der Waals surface area contributed by atoms with E-state index in [1.54, 1.807) is 12.1 Å². The van der Waals surface area contributed by atoms with Gasteiger partial charge in [-0.1, -0.05) is 47.5 Å². The highest BCUT2D eigenvalue weighted by Gasteiger charge is 2.41. The highest BCUT2D eigenvalue weighted by molar-refractivity contribution is 6.90. The third kappa shape index (κ3) is 4.01. The molecule has 0 unspecified atom stereocenters. The van der Waals surface area contributed by atoms with Crippen LogP contribution in [-0.4, -0.2) is 33.4 Å². The molecule has 0 aliphatic rings. The Morgan fingerprint density at radius 2 is 1.52 bits per heavy atom. The van der Waals surface area contributed by atoms with Gasteiger partial charge in [0.05, 0.1) is 14.2 Å². The Labute approximate surface area is 152 Å². The number of rotatable bonds is 6. The van der Waals surface area contributed by atoms with Crippen LogP contribution in [0.25, 0.3) is 0 Å². The van der Waals surface area contributed by atoms with Crippen LogP contribution >= 0.6 is 0 Å². The van der Waals surface area contributed by atoms with Gasteiger partial charge in [-0.05, 0) is 28.8 Å². The third-order valence-corrected chi connectivity index (χ3v) is 11.3. The molecule has 1 rings (SSSR count). The van der Waals surface area contributed by atoms with Crippen LogP contribution in [0.4, 0.5) is 0 Å². The van der Waals surface area contributed by atoms with Gasteiger partial charge in [-0.25, -0.2) is 4.79 Å². The predicted octanol–water partition coefficient (Wildman–Crippen LogP) is 4.97. The quantitative estimate of drug-likeness (QED) is 0.573. The molecule has 5 heteroatoms. The lowest BCUT2D eigenvalue weighted by Crippen LogP contribution is -2.43. The summed E-state index contributed by atoms with van der Waals surface area (Å²) in [7, 11) is 0.987. The van der Waals surface area contributed by atoms with Gasteiger partial charge in [-0.15, -0.1) is 5.54 Å². The van der Waals surface area contributed by atoms with Crippen LogP contribution in [0.3, 0.4) is 0 Å². The first-order valence-electron chi connectivity index (χ1n) is 8.64. The van der Waals surface area contributed by atoms with Gasteiger partial charge in [0.25, 0.3) is 0 Å². The molecule has 0 aliphatic carbocycles. The van der Waals surface area contributed by atoms with E-state index in [-0.39, 0.29) is 11.3 Å². The van der Waals surface area contributed by atoms with Gasteiger partial charge in [-0.3, -0.25) is 0 Å². The summed E-state index contributed by atoms with van der Waals surface area (Å²) >= 11 is 0. The fourth-order valence-electron chi connectivity index (χ4n) is 3.85. The monoisotopic (exact) mass is 362 g/mol. The molecule has 0 aromatic heterocycles. The van der Waals surface area contributed by atoms with Crippen molar-refractivity contribution >= 4 is 14.0 Å². The SMILES string of the molecule is COc1ccc(C#C[Si](C(C)C)(C(C)C)C(C)C)c(C(=O)O)c1OC. The van der Waals surface area contributed by atoms with Gasteiger partial charge in [0.2, 0.25) is 0 Å². The normalized spacial score (nSPS) is 11.5. The van der Waals surface area contributed by atoms with E-state index in [1.165, 1.54) is 14.2 Å². The predicted molar refractivity (Wildman–Crippen MR) is 104 cm³/mol. The van der Waals surface area contributed by atoms with Crippen LogP contribution in [0.5, 0.6) is 11.5 Å². The smallest absolute Gasteiger partial charge is 0.340 e. The second-order valence-electron chi connectivity index (χ2n) is 7.18. The van der Waals surface area contributed by atoms with Crippen molar-refractivity contribution < 1.29 is 19.4 Å². The Balaban J connectivity index is 3.65. The number of hydrogen-bond donors (Lipinski definition) is 1. The summed E-state index contributed by atoms with van der Waals surface area (Å²) in [4.78, 5) is 11.8. The third-order valence-electron chi connectivity index (χ3n) is 5.04. The average molecular weight is 363 g/mol. The molecule has 4 nitrogen and oxygen atoms in total. The lowest BCUT2D eigenvalue weighted by molar-refractivity contribution is 0.0692. The number of hydrogen-bond acceptors (Lipinski definition) is 3. The van der Waals surface area contributed by atoms with Crippen LogP contribution in [0.1, 0.15) is 57.5 Å². The summed E-state index contributed by atoms with van der Waals surface area (Å²) in [5.74, 6) is 2.75. The largest absolute Gasteiger partial charge is 0.493 e. The van der Waals surface area contributed by atoms with E-state index in [9.17, 15) is 9.90 Å². The highest BCUT2D eigenvalue weighted by atomic mass is 28.3. The lowest BCUT2D eigenvalue weighted by Gasteiger charge is -2.38. The zero-order valence-electron chi connectivity index (χ0n) is 16.6. The van der Waals surface area contributed by atoms with Crippen molar-refractivity contribution in [1.29, 1.82) is 0 Å². The molecule has 0 saturated heterocycles. The van der Waals surface area contributed by atoms with Crippen molar-refractivity contribution in [2.45, 2.75) is 58.2 Å². The second-order valence-corrected chi connectivity index (χ2v) is 12.8. The first-order valence-corrected chi connectivity index (χ1v) is 10.9. The van der Waals surface area contributed by atoms with E-state index in [2.05, 4.69) is 53.0 Å². The van der Waals surface area contributed by atoms with Crippen molar-refractivity contribution in [2.75, 3.05) is 14.2 Å². The summed E-state index contributed by atoms with van der Waals surface area (Å²) in [6, 6.07) is 3.41. The minimum atomic E-state index is -1.94. The molecule has 0 radical (unpaired) electrons. The van der Waals surface area contributed by atoms with Gasteiger partial charge in [-0.2, -0.15) is 0 Å². The molecular weight excluding hydrogens is 332 g/mol. The van der Waals surface area contributed by atoms with Gasteiger partial charge in [0.15, 0.2) is 11.5 Å². The first kappa shape index (κ1) is 21.1. The number of carboxylic acid groups (broad SMARTS) is 1. The molecule has 0 amide bonds. The Hall–Kier alpha value is -1.93. The molecule has 0 fully saturated rings. The van der Waals surface area contributed by atoms with Crippen molar-refractivity contribution in [3.8, 4) is 23.0 Å². The van der Waals surface area contributed by atoms with E-state index in [0.29, 0.717) is 27.9 Å². The lowest BCUT2D eigenvalue weighted by atomic mass is 10.1. The van der Waals surface area contributed by atoms with E-state index >= 15 is 0 Å². The fourth-order valence-corrected chi connectivity index (χ4v) is 9.07. The standard InChI is InChI=1S/C20H30O4Si/c1-13(2)25(14(3)4,15(5)6)12-11-16-9-10-17(23-7)19(24-8)18(16)20(21)22/h9-10,13-15H,1-8H3,(H,21,22). The minimum Gasteiger partial charge on any atom is -0.493 e.